The molecule has 3 aromatic rings. The number of para-hydroxylation sites is 1. The van der Waals surface area contributed by atoms with Crippen LogP contribution in [-0.4, -0.2) is 10.5 Å². The summed E-state index contributed by atoms with van der Waals surface area (Å²) in [5.41, 5.74) is 4.74. The number of fused-ring (bicyclic) bond motifs is 1. The normalized spacial score (nSPS) is 10.8. The third-order valence-corrected chi connectivity index (χ3v) is 3.95. The highest BCUT2D eigenvalue weighted by atomic mass is 16.2. The van der Waals surface area contributed by atoms with E-state index in [1.54, 1.807) is 6.92 Å². The molecule has 0 saturated heterocycles. The summed E-state index contributed by atoms with van der Waals surface area (Å²) in [5, 5.41) is 1.14. The number of hydrogen-bond donors (Lipinski definition) is 0. The molecule has 0 aliphatic rings. The molecule has 0 unspecified atom stereocenters. The SMILES string of the molecule is C=C(C)C(=O)n1c(-c2ccccc2)c(CC)c2ccccc21. The van der Waals surface area contributed by atoms with Crippen molar-refractivity contribution >= 4 is 16.8 Å². The van der Waals surface area contributed by atoms with E-state index in [0.29, 0.717) is 5.57 Å². The zero-order valence-electron chi connectivity index (χ0n) is 13.0. The Morgan fingerprint density at radius 2 is 1.68 bits per heavy atom. The summed E-state index contributed by atoms with van der Waals surface area (Å²) in [6.45, 7) is 7.73. The highest BCUT2D eigenvalue weighted by Gasteiger charge is 2.21. The molecule has 3 rings (SSSR count). The summed E-state index contributed by atoms with van der Waals surface area (Å²) in [7, 11) is 0. The minimum absolute atomic E-state index is 0.0465. The van der Waals surface area contributed by atoms with Gasteiger partial charge in [-0.25, -0.2) is 0 Å². The van der Waals surface area contributed by atoms with Crippen LogP contribution in [0.25, 0.3) is 22.2 Å². The number of aromatic nitrogens is 1. The molecule has 2 heteroatoms. The van der Waals surface area contributed by atoms with Gasteiger partial charge in [-0.15, -0.1) is 0 Å². The molecule has 0 amide bonds. The van der Waals surface area contributed by atoms with Crippen molar-refractivity contribution < 1.29 is 4.79 Å². The lowest BCUT2D eigenvalue weighted by atomic mass is 10.0. The summed E-state index contributed by atoms with van der Waals surface area (Å²) in [5.74, 6) is -0.0465. The Morgan fingerprint density at radius 1 is 1.05 bits per heavy atom. The fourth-order valence-corrected chi connectivity index (χ4v) is 2.97. The van der Waals surface area contributed by atoms with E-state index in [2.05, 4.69) is 31.7 Å². The van der Waals surface area contributed by atoms with Crippen LogP contribution in [0.3, 0.4) is 0 Å². The molecule has 0 aliphatic carbocycles. The maximum Gasteiger partial charge on any atom is 0.257 e. The summed E-state index contributed by atoms with van der Waals surface area (Å²) >= 11 is 0. The first-order valence-corrected chi connectivity index (χ1v) is 7.53. The number of hydrogen-bond acceptors (Lipinski definition) is 1. The van der Waals surface area contributed by atoms with E-state index in [9.17, 15) is 4.79 Å². The van der Waals surface area contributed by atoms with Gasteiger partial charge in [0.25, 0.3) is 5.91 Å². The second kappa shape index (κ2) is 5.64. The second-order valence-electron chi connectivity index (χ2n) is 5.48. The van der Waals surface area contributed by atoms with Crippen molar-refractivity contribution in [1.82, 2.24) is 4.57 Å². The Hall–Kier alpha value is -2.61. The highest BCUT2D eigenvalue weighted by Crippen LogP contribution is 2.34. The van der Waals surface area contributed by atoms with Gasteiger partial charge in [0, 0.05) is 11.0 Å². The minimum Gasteiger partial charge on any atom is -0.276 e. The number of nitrogens with zero attached hydrogens (tertiary/aromatic N) is 1. The zero-order valence-corrected chi connectivity index (χ0v) is 13.0. The largest absolute Gasteiger partial charge is 0.276 e. The average Bonchev–Trinajstić information content (AvgIpc) is 2.89. The number of allylic oxidation sites excluding steroid dienone is 1. The van der Waals surface area contributed by atoms with Crippen molar-refractivity contribution in [2.45, 2.75) is 20.3 Å². The minimum atomic E-state index is -0.0465. The van der Waals surface area contributed by atoms with Crippen LogP contribution in [0.5, 0.6) is 0 Å². The maximum atomic E-state index is 12.7. The number of benzene rings is 2. The number of carbonyl (C=O) groups is 1. The highest BCUT2D eigenvalue weighted by molar-refractivity contribution is 6.06. The van der Waals surface area contributed by atoms with Crippen molar-refractivity contribution in [2.24, 2.45) is 0 Å². The molecule has 1 heterocycles. The fraction of sp³-hybridized carbons (Fsp3) is 0.150. The molecule has 0 saturated carbocycles. The van der Waals surface area contributed by atoms with Gasteiger partial charge in [-0.05, 0) is 30.5 Å². The van der Waals surface area contributed by atoms with Gasteiger partial charge < -0.3 is 0 Å². The number of rotatable bonds is 3. The Bertz CT molecular complexity index is 856. The van der Waals surface area contributed by atoms with E-state index in [0.717, 1.165) is 28.6 Å². The molecule has 0 radical (unpaired) electrons. The second-order valence-corrected chi connectivity index (χ2v) is 5.48. The standard InChI is InChI=1S/C20H19NO/c1-4-16-17-12-8-9-13-18(17)21(20(22)14(2)3)19(16)15-10-6-5-7-11-15/h5-13H,2,4H2,1,3H3. The lowest BCUT2D eigenvalue weighted by Gasteiger charge is -2.11. The first kappa shape index (κ1) is 14.3. The molecular weight excluding hydrogens is 270 g/mol. The van der Waals surface area contributed by atoms with Gasteiger partial charge in [-0.1, -0.05) is 62.0 Å². The van der Waals surface area contributed by atoms with Gasteiger partial charge in [0.05, 0.1) is 11.2 Å². The fourth-order valence-electron chi connectivity index (χ4n) is 2.97. The predicted molar refractivity (Wildman–Crippen MR) is 92.2 cm³/mol. The van der Waals surface area contributed by atoms with Gasteiger partial charge in [-0.2, -0.15) is 0 Å². The van der Waals surface area contributed by atoms with Crippen LogP contribution in [-0.2, 0) is 6.42 Å². The van der Waals surface area contributed by atoms with Crippen LogP contribution in [0.15, 0.2) is 66.7 Å². The van der Waals surface area contributed by atoms with Crippen molar-refractivity contribution in [1.29, 1.82) is 0 Å². The van der Waals surface area contributed by atoms with E-state index in [-0.39, 0.29) is 5.91 Å². The van der Waals surface area contributed by atoms with Crippen molar-refractivity contribution in [3.8, 4) is 11.3 Å². The molecule has 110 valence electrons. The van der Waals surface area contributed by atoms with Crippen LogP contribution in [0.4, 0.5) is 0 Å². The van der Waals surface area contributed by atoms with Crippen molar-refractivity contribution in [3.63, 3.8) is 0 Å². The monoisotopic (exact) mass is 289 g/mol. The molecule has 0 spiro atoms. The number of aryl methyl sites for hydroxylation is 1. The Labute approximate surface area is 130 Å². The van der Waals surface area contributed by atoms with E-state index in [1.807, 2.05) is 41.0 Å². The van der Waals surface area contributed by atoms with E-state index >= 15 is 0 Å². The van der Waals surface area contributed by atoms with Crippen molar-refractivity contribution in [3.05, 3.63) is 72.3 Å². The van der Waals surface area contributed by atoms with Gasteiger partial charge in [0.15, 0.2) is 0 Å². The lowest BCUT2D eigenvalue weighted by molar-refractivity contribution is 0.0962. The summed E-state index contributed by atoms with van der Waals surface area (Å²) in [6.07, 6.45) is 0.876. The maximum absolute atomic E-state index is 12.7. The third-order valence-electron chi connectivity index (χ3n) is 3.95. The average molecular weight is 289 g/mol. The smallest absolute Gasteiger partial charge is 0.257 e. The van der Waals surface area contributed by atoms with Crippen LogP contribution < -0.4 is 0 Å². The molecule has 2 aromatic carbocycles. The molecule has 0 bridgehead atoms. The lowest BCUT2D eigenvalue weighted by Crippen LogP contribution is -2.12. The molecule has 0 N–H and O–H groups in total. The predicted octanol–water partition coefficient (Wildman–Crippen LogP) is 5.09. The Kier molecular flexibility index (Phi) is 3.68. The van der Waals surface area contributed by atoms with E-state index in [1.165, 1.54) is 5.56 Å². The molecule has 22 heavy (non-hydrogen) atoms. The van der Waals surface area contributed by atoms with Crippen molar-refractivity contribution in [2.75, 3.05) is 0 Å². The topological polar surface area (TPSA) is 22.0 Å². The Morgan fingerprint density at radius 3 is 2.32 bits per heavy atom. The third kappa shape index (κ3) is 2.17. The molecule has 0 fully saturated rings. The summed E-state index contributed by atoms with van der Waals surface area (Å²) in [4.78, 5) is 12.7. The molecule has 0 aliphatic heterocycles. The van der Waals surface area contributed by atoms with Crippen LogP contribution in [0, 0.1) is 0 Å². The molecule has 2 nitrogen and oxygen atoms in total. The quantitative estimate of drug-likeness (QED) is 0.616. The van der Waals surface area contributed by atoms with E-state index in [4.69, 9.17) is 0 Å². The summed E-state index contributed by atoms with van der Waals surface area (Å²) in [6, 6.07) is 18.2. The molecule has 1 aromatic heterocycles. The first-order chi connectivity index (χ1) is 10.6. The van der Waals surface area contributed by atoms with Gasteiger partial charge in [0.2, 0.25) is 0 Å². The van der Waals surface area contributed by atoms with Crippen LogP contribution >= 0.6 is 0 Å². The van der Waals surface area contributed by atoms with Gasteiger partial charge in [0.1, 0.15) is 0 Å². The van der Waals surface area contributed by atoms with Crippen LogP contribution in [0.1, 0.15) is 24.2 Å². The van der Waals surface area contributed by atoms with Gasteiger partial charge in [-0.3, -0.25) is 9.36 Å². The van der Waals surface area contributed by atoms with E-state index < -0.39 is 0 Å². The molecular formula is C20H19NO. The first-order valence-electron chi connectivity index (χ1n) is 7.53. The Balaban J connectivity index is 2.45. The summed E-state index contributed by atoms with van der Waals surface area (Å²) < 4.78 is 1.81. The van der Waals surface area contributed by atoms with Gasteiger partial charge >= 0.3 is 0 Å². The number of carbonyl (C=O) groups excluding carboxylic acids is 1. The zero-order chi connectivity index (χ0) is 15.7. The van der Waals surface area contributed by atoms with Crippen LogP contribution in [0.2, 0.25) is 0 Å². The molecule has 0 atom stereocenters.